The second kappa shape index (κ2) is 9.23. The molecular weight excluding hydrogens is 417 g/mol. The fourth-order valence-electron chi connectivity index (χ4n) is 4.15. The van der Waals surface area contributed by atoms with Crippen LogP contribution in [0.3, 0.4) is 0 Å². The monoisotopic (exact) mass is 441 g/mol. The molecule has 4 nitrogen and oxygen atoms in total. The SMILES string of the molecule is Cc1cccc2cc(CN(C(=O)Nc3ccc(Cl)cc3)C3CCCCC3)c(Cl)nc12. The van der Waals surface area contributed by atoms with Crippen molar-refractivity contribution in [1.82, 2.24) is 9.88 Å². The highest BCUT2D eigenvalue weighted by molar-refractivity contribution is 6.31. The minimum atomic E-state index is -0.121. The zero-order chi connectivity index (χ0) is 21.1. The molecule has 2 aromatic carbocycles. The number of nitrogens with zero attached hydrogens (tertiary/aromatic N) is 2. The summed E-state index contributed by atoms with van der Waals surface area (Å²) in [7, 11) is 0. The Morgan fingerprint density at radius 2 is 1.83 bits per heavy atom. The van der Waals surface area contributed by atoms with Gasteiger partial charge in [-0.05, 0) is 55.7 Å². The summed E-state index contributed by atoms with van der Waals surface area (Å²) in [5.74, 6) is 0. The van der Waals surface area contributed by atoms with Crippen molar-refractivity contribution in [3.63, 3.8) is 0 Å². The topological polar surface area (TPSA) is 45.2 Å². The van der Waals surface area contributed by atoms with Gasteiger partial charge < -0.3 is 10.2 Å². The standard InChI is InChI=1S/C24H25Cl2N3O/c1-16-6-5-7-17-14-18(23(26)28-22(16)17)15-29(21-8-3-2-4-9-21)24(30)27-20-12-10-19(25)11-13-20/h5-7,10-14,21H,2-4,8-9,15H2,1H3,(H,27,30). The lowest BCUT2D eigenvalue weighted by atomic mass is 9.94. The molecule has 0 atom stereocenters. The van der Waals surface area contributed by atoms with Gasteiger partial charge in [0.15, 0.2) is 0 Å². The van der Waals surface area contributed by atoms with Gasteiger partial charge in [-0.1, -0.05) is 60.7 Å². The third-order valence-electron chi connectivity index (χ3n) is 5.79. The van der Waals surface area contributed by atoms with Gasteiger partial charge in [0, 0.05) is 27.7 Å². The minimum Gasteiger partial charge on any atom is -0.317 e. The Labute approximate surface area is 187 Å². The molecule has 0 unspecified atom stereocenters. The molecule has 1 aliphatic carbocycles. The fourth-order valence-corrected chi connectivity index (χ4v) is 4.48. The average molecular weight is 442 g/mol. The first-order valence-corrected chi connectivity index (χ1v) is 11.1. The second-order valence-electron chi connectivity index (χ2n) is 7.94. The molecular formula is C24H25Cl2N3O. The highest BCUT2D eigenvalue weighted by Crippen LogP contribution is 2.29. The van der Waals surface area contributed by atoms with Crippen LogP contribution in [0.2, 0.25) is 10.2 Å². The van der Waals surface area contributed by atoms with Gasteiger partial charge in [-0.25, -0.2) is 9.78 Å². The number of anilines is 1. The van der Waals surface area contributed by atoms with Crippen molar-refractivity contribution >= 4 is 45.8 Å². The van der Waals surface area contributed by atoms with Crippen LogP contribution in [0.1, 0.15) is 43.2 Å². The summed E-state index contributed by atoms with van der Waals surface area (Å²) in [6.45, 7) is 2.46. The predicted octanol–water partition coefficient (Wildman–Crippen LogP) is 7.22. The Bertz CT molecular complexity index is 1050. The number of hydrogen-bond donors (Lipinski definition) is 1. The lowest BCUT2D eigenvalue weighted by Crippen LogP contribution is -2.43. The molecule has 3 aromatic rings. The summed E-state index contributed by atoms with van der Waals surface area (Å²) in [5.41, 5.74) is 3.59. The molecule has 1 saturated carbocycles. The summed E-state index contributed by atoms with van der Waals surface area (Å²) < 4.78 is 0. The second-order valence-corrected chi connectivity index (χ2v) is 8.74. The maximum absolute atomic E-state index is 13.2. The highest BCUT2D eigenvalue weighted by Gasteiger charge is 2.27. The minimum absolute atomic E-state index is 0.121. The van der Waals surface area contributed by atoms with Crippen LogP contribution in [0, 0.1) is 6.92 Å². The van der Waals surface area contributed by atoms with Crippen LogP contribution in [0.25, 0.3) is 10.9 Å². The van der Waals surface area contributed by atoms with E-state index in [4.69, 9.17) is 23.2 Å². The zero-order valence-electron chi connectivity index (χ0n) is 17.0. The molecule has 2 amide bonds. The zero-order valence-corrected chi connectivity index (χ0v) is 18.5. The van der Waals surface area contributed by atoms with Crippen LogP contribution in [0.5, 0.6) is 0 Å². The molecule has 1 heterocycles. The van der Waals surface area contributed by atoms with Gasteiger partial charge in [-0.15, -0.1) is 0 Å². The van der Waals surface area contributed by atoms with Crippen LogP contribution < -0.4 is 5.32 Å². The van der Waals surface area contributed by atoms with Gasteiger partial charge >= 0.3 is 6.03 Å². The van der Waals surface area contributed by atoms with E-state index >= 15 is 0 Å². The van der Waals surface area contributed by atoms with E-state index in [2.05, 4.69) is 16.4 Å². The summed E-state index contributed by atoms with van der Waals surface area (Å²) in [6, 6.07) is 15.4. The van der Waals surface area contributed by atoms with Gasteiger partial charge in [0.25, 0.3) is 0 Å². The van der Waals surface area contributed by atoms with Crippen LogP contribution in [-0.4, -0.2) is 22.0 Å². The first-order valence-electron chi connectivity index (χ1n) is 10.4. The Morgan fingerprint density at radius 3 is 2.57 bits per heavy atom. The van der Waals surface area contributed by atoms with Crippen LogP contribution in [0.4, 0.5) is 10.5 Å². The molecule has 0 spiro atoms. The lowest BCUT2D eigenvalue weighted by Gasteiger charge is -2.34. The Hall–Kier alpha value is -2.30. The van der Waals surface area contributed by atoms with E-state index in [-0.39, 0.29) is 12.1 Å². The molecule has 156 valence electrons. The number of halogens is 2. The largest absolute Gasteiger partial charge is 0.322 e. The van der Waals surface area contributed by atoms with Crippen LogP contribution in [0.15, 0.2) is 48.5 Å². The Balaban J connectivity index is 1.62. The number of amides is 2. The van der Waals surface area contributed by atoms with Crippen molar-refractivity contribution in [2.75, 3.05) is 5.32 Å². The Morgan fingerprint density at radius 1 is 1.10 bits per heavy atom. The fraction of sp³-hybridized carbons (Fsp3) is 0.333. The molecule has 1 N–H and O–H groups in total. The predicted molar refractivity (Wildman–Crippen MR) is 124 cm³/mol. The van der Waals surface area contributed by atoms with Crippen LogP contribution in [-0.2, 0) is 6.54 Å². The molecule has 1 aromatic heterocycles. The van der Waals surface area contributed by atoms with Gasteiger partial charge in [0.1, 0.15) is 5.15 Å². The van der Waals surface area contributed by atoms with Crippen molar-refractivity contribution < 1.29 is 4.79 Å². The van der Waals surface area contributed by atoms with Gasteiger partial charge in [-0.3, -0.25) is 0 Å². The third-order valence-corrected chi connectivity index (χ3v) is 6.37. The lowest BCUT2D eigenvalue weighted by molar-refractivity contribution is 0.163. The number of fused-ring (bicyclic) bond motifs is 1. The van der Waals surface area contributed by atoms with E-state index < -0.39 is 0 Å². The molecule has 4 rings (SSSR count). The smallest absolute Gasteiger partial charge is 0.317 e. The summed E-state index contributed by atoms with van der Waals surface area (Å²) in [4.78, 5) is 19.8. The summed E-state index contributed by atoms with van der Waals surface area (Å²) in [5, 5.41) is 5.15. The summed E-state index contributed by atoms with van der Waals surface area (Å²) in [6.07, 6.45) is 5.51. The van der Waals surface area contributed by atoms with E-state index in [0.717, 1.165) is 53.4 Å². The van der Waals surface area contributed by atoms with E-state index in [1.807, 2.05) is 42.2 Å². The molecule has 1 aliphatic rings. The van der Waals surface area contributed by atoms with E-state index in [1.54, 1.807) is 12.1 Å². The van der Waals surface area contributed by atoms with Crippen molar-refractivity contribution in [3.8, 4) is 0 Å². The molecule has 0 saturated heterocycles. The Kier molecular flexibility index (Phi) is 6.45. The highest BCUT2D eigenvalue weighted by atomic mass is 35.5. The molecule has 0 bridgehead atoms. The number of aryl methyl sites for hydroxylation is 1. The molecule has 30 heavy (non-hydrogen) atoms. The first-order chi connectivity index (χ1) is 14.5. The van der Waals surface area contributed by atoms with Crippen LogP contribution >= 0.6 is 23.2 Å². The quantitative estimate of drug-likeness (QED) is 0.434. The summed E-state index contributed by atoms with van der Waals surface area (Å²) >= 11 is 12.5. The maximum Gasteiger partial charge on any atom is 0.322 e. The van der Waals surface area contributed by atoms with E-state index in [9.17, 15) is 4.79 Å². The van der Waals surface area contributed by atoms with Crippen molar-refractivity contribution in [1.29, 1.82) is 0 Å². The average Bonchev–Trinajstić information content (AvgIpc) is 2.75. The van der Waals surface area contributed by atoms with E-state index in [1.165, 1.54) is 6.42 Å². The number of benzene rings is 2. The normalized spacial score (nSPS) is 14.6. The van der Waals surface area contributed by atoms with Gasteiger partial charge in [0.2, 0.25) is 0 Å². The van der Waals surface area contributed by atoms with Crippen molar-refractivity contribution in [3.05, 3.63) is 69.8 Å². The first kappa shape index (κ1) is 21.0. The molecule has 0 radical (unpaired) electrons. The molecule has 0 aliphatic heterocycles. The number of carbonyl (C=O) groups is 1. The third kappa shape index (κ3) is 4.71. The number of para-hydroxylation sites is 1. The van der Waals surface area contributed by atoms with Gasteiger partial charge in [-0.2, -0.15) is 0 Å². The number of aromatic nitrogens is 1. The van der Waals surface area contributed by atoms with E-state index in [0.29, 0.717) is 16.7 Å². The number of urea groups is 1. The number of nitrogens with one attached hydrogen (secondary N) is 1. The molecule has 1 fully saturated rings. The number of carbonyl (C=O) groups excluding carboxylic acids is 1. The molecule has 6 heteroatoms. The van der Waals surface area contributed by atoms with Gasteiger partial charge in [0.05, 0.1) is 12.1 Å². The number of hydrogen-bond acceptors (Lipinski definition) is 2. The maximum atomic E-state index is 13.2. The van der Waals surface area contributed by atoms with Crippen molar-refractivity contribution in [2.24, 2.45) is 0 Å². The number of pyridine rings is 1. The van der Waals surface area contributed by atoms with Crippen molar-refractivity contribution in [2.45, 2.75) is 51.6 Å². The number of rotatable bonds is 4.